The number of fused-ring (bicyclic) bond motifs is 1. The van der Waals surface area contributed by atoms with Crippen LogP contribution in [0.25, 0.3) is 10.8 Å². The molecule has 154 valence electrons. The van der Waals surface area contributed by atoms with Crippen LogP contribution in [0.1, 0.15) is 18.4 Å². The average molecular weight is 422 g/mol. The fourth-order valence-electron chi connectivity index (χ4n) is 3.64. The fraction of sp³-hybridized carbons (Fsp3) is 0.217. The van der Waals surface area contributed by atoms with Gasteiger partial charge in [0, 0.05) is 25.7 Å². The zero-order valence-electron chi connectivity index (χ0n) is 16.7. The van der Waals surface area contributed by atoms with Crippen molar-refractivity contribution in [3.05, 3.63) is 72.3 Å². The van der Waals surface area contributed by atoms with Crippen LogP contribution in [-0.4, -0.2) is 38.7 Å². The molecule has 0 aromatic heterocycles. The zero-order chi connectivity index (χ0) is 21.1. The highest BCUT2D eigenvalue weighted by molar-refractivity contribution is 7.90. The van der Waals surface area contributed by atoms with Gasteiger partial charge in [-0.1, -0.05) is 42.5 Å². The fourth-order valence-corrected chi connectivity index (χ4v) is 4.73. The summed E-state index contributed by atoms with van der Waals surface area (Å²) < 4.78 is 29.0. The molecule has 0 atom stereocenters. The van der Waals surface area contributed by atoms with E-state index in [1.165, 1.54) is 12.1 Å². The third kappa shape index (κ3) is 4.36. The van der Waals surface area contributed by atoms with Crippen molar-refractivity contribution >= 4 is 38.2 Å². The molecule has 30 heavy (non-hydrogen) atoms. The number of rotatable bonds is 5. The second-order valence-corrected chi connectivity index (χ2v) is 9.00. The predicted octanol–water partition coefficient (Wildman–Crippen LogP) is 3.83. The van der Waals surface area contributed by atoms with Crippen molar-refractivity contribution in [2.75, 3.05) is 18.9 Å². The molecular weight excluding hydrogens is 398 g/mol. The Bertz CT molecular complexity index is 1210. The highest BCUT2D eigenvalue weighted by Crippen LogP contribution is 2.21. The lowest BCUT2D eigenvalue weighted by Crippen LogP contribution is -2.20. The average Bonchev–Trinajstić information content (AvgIpc) is 3.12. The number of carbonyl (C=O) groups excluding carboxylic acids is 1. The van der Waals surface area contributed by atoms with E-state index in [4.69, 9.17) is 0 Å². The van der Waals surface area contributed by atoms with Gasteiger partial charge in [0.2, 0.25) is 5.91 Å². The molecule has 0 aliphatic carbocycles. The minimum atomic E-state index is -3.76. The normalized spacial score (nSPS) is 15.6. The number of hydrogen-bond donors (Lipinski definition) is 1. The Hall–Kier alpha value is -3.19. The molecule has 3 aromatic rings. The smallest absolute Gasteiger partial charge is 0.283 e. The van der Waals surface area contributed by atoms with E-state index in [1.807, 2.05) is 54.4 Å². The monoisotopic (exact) mass is 421 g/mol. The van der Waals surface area contributed by atoms with Crippen LogP contribution in [0.15, 0.2) is 76.0 Å². The summed E-state index contributed by atoms with van der Waals surface area (Å²) in [6.45, 7) is 0.815. The van der Waals surface area contributed by atoms with E-state index in [-0.39, 0.29) is 17.2 Å². The summed E-state index contributed by atoms with van der Waals surface area (Å²) in [5.41, 5.74) is 1.49. The third-order valence-electron chi connectivity index (χ3n) is 5.23. The summed E-state index contributed by atoms with van der Waals surface area (Å²) in [6.07, 6.45) is 1.81. The van der Waals surface area contributed by atoms with Crippen molar-refractivity contribution in [1.82, 2.24) is 4.90 Å². The van der Waals surface area contributed by atoms with Crippen molar-refractivity contribution in [2.24, 2.45) is 4.40 Å². The molecule has 0 spiro atoms. The Kier molecular flexibility index (Phi) is 5.55. The van der Waals surface area contributed by atoms with Crippen LogP contribution < -0.4 is 5.32 Å². The van der Waals surface area contributed by atoms with Gasteiger partial charge in [-0.25, -0.2) is 0 Å². The molecule has 0 bridgehead atoms. The van der Waals surface area contributed by atoms with Gasteiger partial charge in [-0.2, -0.15) is 8.42 Å². The van der Waals surface area contributed by atoms with Gasteiger partial charge in [0.05, 0.1) is 11.3 Å². The van der Waals surface area contributed by atoms with E-state index in [2.05, 4.69) is 9.71 Å². The number of benzene rings is 3. The van der Waals surface area contributed by atoms with Crippen LogP contribution in [0.5, 0.6) is 0 Å². The number of likely N-dealkylation sites (tertiary alicyclic amines) is 1. The molecule has 1 amide bonds. The summed E-state index contributed by atoms with van der Waals surface area (Å²) in [5, 5.41) is 4.97. The van der Waals surface area contributed by atoms with E-state index in [0.717, 1.165) is 29.3 Å². The van der Waals surface area contributed by atoms with Crippen molar-refractivity contribution in [2.45, 2.75) is 24.2 Å². The number of amides is 1. The summed E-state index contributed by atoms with van der Waals surface area (Å²) in [6, 6.07) is 20.0. The van der Waals surface area contributed by atoms with E-state index >= 15 is 0 Å². The number of amidine groups is 1. The standard InChI is InChI=1S/C23H23N3O3S/c1-26-15-5-10-22(26)25-30(28,29)20-13-11-19(12-14-20)24-23(27)16-18-8-4-7-17-6-2-3-9-21(17)18/h2-4,6-9,11-14H,5,10,15-16H2,1H3,(H,24,27)/b25-22-. The van der Waals surface area contributed by atoms with Gasteiger partial charge < -0.3 is 10.2 Å². The molecule has 7 heteroatoms. The summed E-state index contributed by atoms with van der Waals surface area (Å²) in [7, 11) is -1.92. The van der Waals surface area contributed by atoms with E-state index < -0.39 is 10.0 Å². The maximum absolute atomic E-state index is 12.5. The van der Waals surface area contributed by atoms with Crippen LogP contribution in [0.3, 0.4) is 0 Å². The van der Waals surface area contributed by atoms with Gasteiger partial charge in [0.25, 0.3) is 10.0 Å². The van der Waals surface area contributed by atoms with Crippen LogP contribution in [0.2, 0.25) is 0 Å². The van der Waals surface area contributed by atoms with E-state index in [1.54, 1.807) is 12.1 Å². The minimum absolute atomic E-state index is 0.113. The first-order valence-electron chi connectivity index (χ1n) is 9.84. The molecule has 1 heterocycles. The van der Waals surface area contributed by atoms with Crippen LogP contribution in [0.4, 0.5) is 5.69 Å². The number of sulfonamides is 1. The van der Waals surface area contributed by atoms with Crippen molar-refractivity contribution in [3.63, 3.8) is 0 Å². The highest BCUT2D eigenvalue weighted by Gasteiger charge is 2.20. The number of nitrogens with one attached hydrogen (secondary N) is 1. The lowest BCUT2D eigenvalue weighted by atomic mass is 10.0. The number of nitrogens with zero attached hydrogens (tertiary/aromatic N) is 2. The molecule has 0 saturated carbocycles. The lowest BCUT2D eigenvalue weighted by molar-refractivity contribution is -0.115. The molecular formula is C23H23N3O3S. The molecule has 0 radical (unpaired) electrons. The maximum Gasteiger partial charge on any atom is 0.283 e. The predicted molar refractivity (Wildman–Crippen MR) is 119 cm³/mol. The van der Waals surface area contributed by atoms with Gasteiger partial charge in [-0.15, -0.1) is 4.40 Å². The Morgan fingerprint density at radius 1 is 1.03 bits per heavy atom. The Morgan fingerprint density at radius 3 is 2.50 bits per heavy atom. The van der Waals surface area contributed by atoms with Crippen LogP contribution in [0, 0.1) is 0 Å². The topological polar surface area (TPSA) is 78.8 Å². The first kappa shape index (κ1) is 20.1. The van der Waals surface area contributed by atoms with Gasteiger partial charge >= 0.3 is 0 Å². The summed E-state index contributed by atoms with van der Waals surface area (Å²) >= 11 is 0. The van der Waals surface area contributed by atoms with Crippen LogP contribution in [-0.2, 0) is 21.2 Å². The second-order valence-electron chi connectivity index (χ2n) is 7.40. The third-order valence-corrected chi connectivity index (χ3v) is 6.55. The summed E-state index contributed by atoms with van der Waals surface area (Å²) in [5.74, 6) is 0.428. The molecule has 6 nitrogen and oxygen atoms in total. The molecule has 1 N–H and O–H groups in total. The maximum atomic E-state index is 12.5. The molecule has 4 rings (SSSR count). The number of anilines is 1. The van der Waals surface area contributed by atoms with E-state index in [9.17, 15) is 13.2 Å². The van der Waals surface area contributed by atoms with E-state index in [0.29, 0.717) is 17.9 Å². The van der Waals surface area contributed by atoms with Crippen molar-refractivity contribution in [1.29, 1.82) is 0 Å². The lowest BCUT2D eigenvalue weighted by Gasteiger charge is -2.11. The van der Waals surface area contributed by atoms with Gasteiger partial charge in [-0.05, 0) is 47.0 Å². The zero-order valence-corrected chi connectivity index (χ0v) is 17.5. The SMILES string of the molecule is CN1CCC/C1=N/S(=O)(=O)c1ccc(NC(=O)Cc2cccc3ccccc23)cc1. The quantitative estimate of drug-likeness (QED) is 0.679. The Balaban J connectivity index is 1.46. The molecule has 1 saturated heterocycles. The second kappa shape index (κ2) is 8.28. The number of hydrogen-bond acceptors (Lipinski definition) is 3. The van der Waals surface area contributed by atoms with Gasteiger partial charge in [-0.3, -0.25) is 4.79 Å². The molecule has 1 aliphatic rings. The van der Waals surface area contributed by atoms with Crippen molar-refractivity contribution < 1.29 is 13.2 Å². The highest BCUT2D eigenvalue weighted by atomic mass is 32.2. The van der Waals surface area contributed by atoms with Gasteiger partial charge in [0.15, 0.2) is 0 Å². The number of carbonyl (C=O) groups is 1. The molecule has 1 fully saturated rings. The minimum Gasteiger partial charge on any atom is -0.362 e. The summed E-state index contributed by atoms with van der Waals surface area (Å²) in [4.78, 5) is 14.5. The molecule has 0 unspecified atom stereocenters. The van der Waals surface area contributed by atoms with Crippen LogP contribution >= 0.6 is 0 Å². The molecule has 3 aromatic carbocycles. The molecule has 1 aliphatic heterocycles. The van der Waals surface area contributed by atoms with Gasteiger partial charge in [0.1, 0.15) is 5.84 Å². The first-order chi connectivity index (χ1) is 14.4. The Morgan fingerprint density at radius 2 is 1.77 bits per heavy atom. The largest absolute Gasteiger partial charge is 0.362 e. The first-order valence-corrected chi connectivity index (χ1v) is 11.3. The Labute approximate surface area is 176 Å². The van der Waals surface area contributed by atoms with Crippen molar-refractivity contribution in [3.8, 4) is 0 Å².